The lowest BCUT2D eigenvalue weighted by molar-refractivity contribution is -0.118. The lowest BCUT2D eigenvalue weighted by Crippen LogP contribution is -2.32. The quantitative estimate of drug-likeness (QED) is 0.462. The second-order valence-electron chi connectivity index (χ2n) is 8.32. The number of anilines is 1. The molecule has 2 N–H and O–H groups in total. The first-order valence-corrected chi connectivity index (χ1v) is 13.6. The zero-order valence-corrected chi connectivity index (χ0v) is 21.1. The van der Waals surface area contributed by atoms with Gasteiger partial charge in [0.25, 0.3) is 5.56 Å². The zero-order chi connectivity index (χ0) is 25.2. The van der Waals surface area contributed by atoms with Crippen LogP contribution < -0.4 is 10.9 Å². The number of aromatic nitrogens is 2. The molecule has 186 valence electrons. The van der Waals surface area contributed by atoms with Crippen molar-refractivity contribution in [1.29, 1.82) is 0 Å². The van der Waals surface area contributed by atoms with Crippen LogP contribution in [0.1, 0.15) is 36.4 Å². The Morgan fingerprint density at radius 1 is 1.34 bits per heavy atom. The number of amides is 1. The highest BCUT2D eigenvalue weighted by Crippen LogP contribution is 2.35. The Morgan fingerprint density at radius 3 is 2.74 bits per heavy atom. The Labute approximate surface area is 210 Å². The first-order chi connectivity index (χ1) is 16.6. The molecule has 1 aromatic carbocycles. The molecule has 2 aromatic heterocycles. The number of hydrogen-bond acceptors (Lipinski definition) is 7. The van der Waals surface area contributed by atoms with E-state index in [0.717, 1.165) is 6.20 Å². The minimum absolute atomic E-state index is 0.0206. The summed E-state index contributed by atoms with van der Waals surface area (Å²) in [6.45, 7) is 2.58. The first-order valence-electron chi connectivity index (χ1n) is 10.9. The SMILES string of the molecule is Cc1cc(S(=O)(=O)c2cccc(Cl)c2)c([C@H](CC2CCOCC2)C(=O)Nc2ncc(F)s2)c(=O)[nH]1. The molecule has 8 nitrogen and oxygen atoms in total. The van der Waals surface area contributed by atoms with E-state index in [1.165, 1.54) is 24.3 Å². The number of sulfone groups is 1. The number of benzene rings is 1. The van der Waals surface area contributed by atoms with Crippen molar-refractivity contribution >= 4 is 43.8 Å². The number of rotatable bonds is 7. The number of ether oxygens (including phenoxy) is 1. The number of nitrogens with one attached hydrogen (secondary N) is 2. The van der Waals surface area contributed by atoms with Crippen molar-refractivity contribution in [2.75, 3.05) is 18.5 Å². The van der Waals surface area contributed by atoms with E-state index in [-0.39, 0.29) is 37.8 Å². The molecular weight excluding hydrogens is 517 g/mol. The van der Waals surface area contributed by atoms with Gasteiger partial charge in [-0.25, -0.2) is 13.4 Å². The molecule has 0 unspecified atom stereocenters. The Morgan fingerprint density at radius 2 is 2.09 bits per heavy atom. The minimum Gasteiger partial charge on any atom is -0.381 e. The van der Waals surface area contributed by atoms with Crippen LogP contribution in [0.2, 0.25) is 5.02 Å². The average molecular weight is 540 g/mol. The highest BCUT2D eigenvalue weighted by atomic mass is 35.5. The van der Waals surface area contributed by atoms with Crippen LogP contribution in [0.4, 0.5) is 9.52 Å². The Hall–Kier alpha value is -2.60. The van der Waals surface area contributed by atoms with Gasteiger partial charge in [0, 0.05) is 29.5 Å². The van der Waals surface area contributed by atoms with Crippen molar-refractivity contribution < 1.29 is 22.3 Å². The molecule has 3 heterocycles. The molecule has 1 aliphatic heterocycles. The summed E-state index contributed by atoms with van der Waals surface area (Å²) >= 11 is 6.67. The van der Waals surface area contributed by atoms with Crippen molar-refractivity contribution in [3.05, 3.63) is 68.3 Å². The normalized spacial score (nSPS) is 15.6. The Bertz CT molecular complexity index is 1400. The van der Waals surface area contributed by atoms with Gasteiger partial charge >= 0.3 is 0 Å². The van der Waals surface area contributed by atoms with Gasteiger partial charge in [-0.1, -0.05) is 29.0 Å². The third-order valence-electron chi connectivity index (χ3n) is 5.85. The van der Waals surface area contributed by atoms with E-state index in [1.807, 2.05) is 0 Å². The smallest absolute Gasteiger partial charge is 0.253 e. The number of hydrogen-bond donors (Lipinski definition) is 2. The molecular formula is C23H23ClFN3O5S2. The van der Waals surface area contributed by atoms with Crippen LogP contribution >= 0.6 is 22.9 Å². The number of nitrogens with zero attached hydrogens (tertiary/aromatic N) is 1. The van der Waals surface area contributed by atoms with Gasteiger partial charge in [0.2, 0.25) is 15.7 Å². The molecule has 0 saturated carbocycles. The second-order valence-corrected chi connectivity index (χ2v) is 11.7. The van der Waals surface area contributed by atoms with Gasteiger partial charge in [0.1, 0.15) is 0 Å². The fourth-order valence-electron chi connectivity index (χ4n) is 4.16. The van der Waals surface area contributed by atoms with Crippen LogP contribution in [0.5, 0.6) is 0 Å². The van der Waals surface area contributed by atoms with E-state index in [2.05, 4.69) is 15.3 Å². The van der Waals surface area contributed by atoms with Gasteiger partial charge < -0.3 is 15.0 Å². The molecule has 1 fully saturated rings. The molecule has 0 radical (unpaired) electrons. The van der Waals surface area contributed by atoms with Crippen molar-refractivity contribution in [3.8, 4) is 0 Å². The van der Waals surface area contributed by atoms with Crippen LogP contribution in [0.25, 0.3) is 0 Å². The molecule has 35 heavy (non-hydrogen) atoms. The Kier molecular flexibility index (Phi) is 7.70. The van der Waals surface area contributed by atoms with E-state index in [4.69, 9.17) is 16.3 Å². The molecule has 1 aliphatic rings. The van der Waals surface area contributed by atoms with Gasteiger partial charge in [0.05, 0.1) is 21.9 Å². The van der Waals surface area contributed by atoms with Crippen molar-refractivity contribution in [2.45, 2.75) is 41.9 Å². The lowest BCUT2D eigenvalue weighted by atomic mass is 9.84. The molecule has 1 atom stereocenters. The van der Waals surface area contributed by atoms with Crippen molar-refractivity contribution in [3.63, 3.8) is 0 Å². The maximum Gasteiger partial charge on any atom is 0.253 e. The fraction of sp³-hybridized carbons (Fsp3) is 0.348. The maximum atomic E-state index is 13.7. The molecule has 1 amide bonds. The summed E-state index contributed by atoms with van der Waals surface area (Å²) in [5, 5.41) is 2.20. The lowest BCUT2D eigenvalue weighted by Gasteiger charge is -2.27. The van der Waals surface area contributed by atoms with Crippen molar-refractivity contribution in [2.24, 2.45) is 5.92 Å². The molecule has 0 spiro atoms. The van der Waals surface area contributed by atoms with E-state index < -0.39 is 32.4 Å². The highest BCUT2D eigenvalue weighted by molar-refractivity contribution is 7.91. The third-order valence-corrected chi connectivity index (χ3v) is 8.57. The fourth-order valence-corrected chi connectivity index (χ4v) is 6.61. The van der Waals surface area contributed by atoms with Gasteiger partial charge in [0.15, 0.2) is 10.3 Å². The molecule has 0 aliphatic carbocycles. The average Bonchev–Trinajstić information content (AvgIpc) is 3.22. The zero-order valence-electron chi connectivity index (χ0n) is 18.7. The number of H-pyrrole nitrogens is 1. The summed E-state index contributed by atoms with van der Waals surface area (Å²) in [4.78, 5) is 32.8. The molecule has 12 heteroatoms. The Balaban J connectivity index is 1.84. The third kappa shape index (κ3) is 5.80. The predicted molar refractivity (Wildman–Crippen MR) is 130 cm³/mol. The number of thiazole rings is 1. The van der Waals surface area contributed by atoms with E-state index in [0.29, 0.717) is 43.1 Å². The summed E-state index contributed by atoms with van der Waals surface area (Å²) in [5.74, 6) is -1.74. The first kappa shape index (κ1) is 25.5. The van der Waals surface area contributed by atoms with Gasteiger partial charge in [-0.05, 0) is 56.4 Å². The largest absolute Gasteiger partial charge is 0.381 e. The van der Waals surface area contributed by atoms with Crippen LogP contribution in [-0.2, 0) is 19.4 Å². The second kappa shape index (κ2) is 10.6. The summed E-state index contributed by atoms with van der Waals surface area (Å²) in [6, 6.07) is 7.06. The number of carbonyl (C=O) groups is 1. The number of aromatic amines is 1. The number of pyridine rings is 1. The summed E-state index contributed by atoms with van der Waals surface area (Å²) < 4.78 is 46.2. The van der Waals surface area contributed by atoms with Crippen LogP contribution in [-0.4, -0.2) is 37.5 Å². The topological polar surface area (TPSA) is 118 Å². The van der Waals surface area contributed by atoms with E-state index >= 15 is 0 Å². The standard InChI is InChI=1S/C23H23ClFN3O5S2/c1-13-9-18(35(31,32)16-4-2-3-15(24)11-16)20(22(30)27-13)17(10-14-5-7-33-8-6-14)21(29)28-23-26-12-19(25)34-23/h2-4,9,11-12,14,17H,5-8,10H2,1H3,(H,27,30)(H,26,28,29)/t17-/m0/s1. The highest BCUT2D eigenvalue weighted by Gasteiger charge is 2.35. The van der Waals surface area contributed by atoms with Gasteiger partial charge in [-0.2, -0.15) is 4.39 Å². The van der Waals surface area contributed by atoms with Gasteiger partial charge in [-0.15, -0.1) is 0 Å². The monoisotopic (exact) mass is 539 g/mol. The number of halogens is 2. The number of aryl methyl sites for hydroxylation is 1. The predicted octanol–water partition coefficient (Wildman–Crippen LogP) is 4.30. The summed E-state index contributed by atoms with van der Waals surface area (Å²) in [7, 11) is -4.21. The molecule has 4 rings (SSSR count). The number of carbonyl (C=O) groups excluding carboxylic acids is 1. The van der Waals surface area contributed by atoms with Crippen LogP contribution in [0.3, 0.4) is 0 Å². The summed E-state index contributed by atoms with van der Waals surface area (Å²) in [6.07, 6.45) is 2.51. The molecule has 0 bridgehead atoms. The van der Waals surface area contributed by atoms with Crippen molar-refractivity contribution in [1.82, 2.24) is 9.97 Å². The molecule has 1 saturated heterocycles. The van der Waals surface area contributed by atoms with Gasteiger partial charge in [-0.3, -0.25) is 9.59 Å². The summed E-state index contributed by atoms with van der Waals surface area (Å²) in [5.41, 5.74) is -0.522. The van der Waals surface area contributed by atoms with Crippen LogP contribution in [0.15, 0.2) is 51.1 Å². The maximum absolute atomic E-state index is 13.7. The molecule has 3 aromatic rings. The van der Waals surface area contributed by atoms with Crippen LogP contribution in [0, 0.1) is 18.0 Å². The minimum atomic E-state index is -4.21. The van der Waals surface area contributed by atoms with E-state index in [9.17, 15) is 22.4 Å². The van der Waals surface area contributed by atoms with E-state index in [1.54, 1.807) is 13.0 Å².